The molecule has 4 heterocycles. The van der Waals surface area contributed by atoms with Crippen LogP contribution in [0.2, 0.25) is 0 Å². The molecule has 3 aromatic rings. The monoisotopic (exact) mass is 480 g/mol. The van der Waals surface area contributed by atoms with Gasteiger partial charge < -0.3 is 20.1 Å². The van der Waals surface area contributed by atoms with Crippen LogP contribution in [0.3, 0.4) is 0 Å². The Hall–Kier alpha value is -2.97. The van der Waals surface area contributed by atoms with Crippen LogP contribution in [0.25, 0.3) is 11.0 Å². The van der Waals surface area contributed by atoms with Crippen LogP contribution in [-0.2, 0) is 5.34 Å². The Morgan fingerprint density at radius 3 is 2.36 bits per heavy atom. The van der Waals surface area contributed by atoms with Crippen molar-refractivity contribution in [2.45, 2.75) is 43.0 Å². The second kappa shape index (κ2) is 10.2. The van der Waals surface area contributed by atoms with E-state index in [1.807, 2.05) is 30.1 Å². The van der Waals surface area contributed by atoms with Gasteiger partial charge >= 0.3 is 0 Å². The van der Waals surface area contributed by atoms with E-state index in [0.29, 0.717) is 35.8 Å². The minimum absolute atomic E-state index is 0.0589. The molecule has 0 aromatic carbocycles. The van der Waals surface area contributed by atoms with Gasteiger partial charge in [0.05, 0.1) is 38.6 Å². The maximum atomic E-state index is 12.4. The van der Waals surface area contributed by atoms with E-state index >= 15 is 0 Å². The lowest BCUT2D eigenvalue weighted by molar-refractivity contribution is 0.111. The Kier molecular flexibility index (Phi) is 6.99. The van der Waals surface area contributed by atoms with E-state index in [4.69, 9.17) is 15.7 Å². The quantitative estimate of drug-likeness (QED) is 0.410. The Morgan fingerprint density at radius 1 is 1.06 bits per heavy atom. The topological polar surface area (TPSA) is 94.2 Å². The molecule has 1 saturated heterocycles. The molecule has 0 bridgehead atoms. The lowest BCUT2D eigenvalue weighted by Crippen LogP contribution is -2.56. The van der Waals surface area contributed by atoms with Crippen molar-refractivity contribution in [2.75, 3.05) is 38.1 Å². The number of aromatic amines is 1. The predicted octanol–water partition coefficient (Wildman–Crippen LogP) is 1.65. The van der Waals surface area contributed by atoms with Crippen molar-refractivity contribution < 1.29 is 4.79 Å². The smallest absolute Gasteiger partial charge is 0.252 e. The van der Waals surface area contributed by atoms with Gasteiger partial charge in [-0.05, 0) is 73.8 Å². The van der Waals surface area contributed by atoms with Crippen molar-refractivity contribution in [3.05, 3.63) is 63.8 Å². The Labute approximate surface area is 213 Å². The number of anilines is 1. The number of carbonyl (C=O) groups excluding carboxylic acids is 1. The molecule has 10 heteroatoms. The van der Waals surface area contributed by atoms with E-state index in [1.54, 1.807) is 18.5 Å². The molecule has 36 heavy (non-hydrogen) atoms. The molecular weight excluding hydrogens is 450 g/mol. The number of carbonyl (C=O) groups is 1. The predicted molar refractivity (Wildman–Crippen MR) is 143 cm³/mol. The summed E-state index contributed by atoms with van der Waals surface area (Å²) in [6.45, 7) is 2.75. The highest BCUT2D eigenvalue weighted by Gasteiger charge is 2.32. The second-order valence-electron chi connectivity index (χ2n) is 9.91. The number of pyridine rings is 3. The first-order valence-corrected chi connectivity index (χ1v) is 12.6. The number of rotatable bonds is 6. The van der Waals surface area contributed by atoms with Gasteiger partial charge in [-0.25, -0.2) is 0 Å². The summed E-state index contributed by atoms with van der Waals surface area (Å²) in [6, 6.07) is 8.20. The zero-order valence-electron chi connectivity index (χ0n) is 20.6. The fourth-order valence-corrected chi connectivity index (χ4v) is 4.56. The third-order valence-electron chi connectivity index (χ3n) is 7.25. The summed E-state index contributed by atoms with van der Waals surface area (Å²) in [5, 5.41) is 1.93. The van der Waals surface area contributed by atoms with Gasteiger partial charge in [0.15, 0.2) is 6.29 Å². The molecule has 2 N–H and O–H groups in total. The summed E-state index contributed by atoms with van der Waals surface area (Å²) in [7, 11) is 15.1. The summed E-state index contributed by atoms with van der Waals surface area (Å²) >= 11 is 0. The molecule has 0 spiro atoms. The van der Waals surface area contributed by atoms with Crippen LogP contribution in [-0.4, -0.2) is 81.1 Å². The largest absolute Gasteiger partial charge is 0.368 e. The average molecular weight is 480 g/mol. The van der Waals surface area contributed by atoms with Gasteiger partial charge in [-0.1, -0.05) is 0 Å². The molecule has 1 aliphatic heterocycles. The minimum atomic E-state index is -1.21. The van der Waals surface area contributed by atoms with Gasteiger partial charge in [0.2, 0.25) is 0 Å². The molecule has 3 fully saturated rings. The first kappa shape index (κ1) is 24.7. The number of hydrogen-bond donors (Lipinski definition) is 2. The molecule has 3 aromatic heterocycles. The van der Waals surface area contributed by atoms with E-state index < -0.39 is 5.34 Å². The van der Waals surface area contributed by atoms with Gasteiger partial charge in [0.1, 0.15) is 5.69 Å². The number of nitrogens with one attached hydrogen (secondary N) is 2. The standard InChI is InChI=1S/C22H21B2N5O2.C4H9N/c23-22(24,29-7-5-28(6-8-29)17-4-3-16(13-30)25-12-17)15-9-20-19(26-11-15)10-18(14-1-2-14)21(31)27-20;1-5-4-2-3-4/h3-4,9-14H,1-2,5-8H2,(H,27,31);4-5H,2-3H2,1H3. The molecule has 0 atom stereocenters. The van der Waals surface area contributed by atoms with Crippen LogP contribution in [0, 0.1) is 0 Å². The number of H-pyrrole nitrogens is 1. The Bertz CT molecular complexity index is 1280. The molecule has 0 unspecified atom stereocenters. The first-order valence-electron chi connectivity index (χ1n) is 12.6. The van der Waals surface area contributed by atoms with Crippen molar-refractivity contribution in [1.29, 1.82) is 0 Å². The molecule has 4 radical (unpaired) electrons. The van der Waals surface area contributed by atoms with E-state index in [2.05, 4.69) is 25.2 Å². The molecule has 0 amide bonds. The lowest BCUT2D eigenvalue weighted by atomic mass is 9.57. The Morgan fingerprint density at radius 2 is 1.81 bits per heavy atom. The van der Waals surface area contributed by atoms with Crippen LogP contribution < -0.4 is 15.8 Å². The molecule has 2 aliphatic carbocycles. The van der Waals surface area contributed by atoms with Crippen molar-refractivity contribution in [3.8, 4) is 0 Å². The zero-order chi connectivity index (χ0) is 25.3. The Balaban J connectivity index is 0.000000477. The number of hydrogen-bond acceptors (Lipinski definition) is 7. The summed E-state index contributed by atoms with van der Waals surface area (Å²) in [5.41, 5.74) is 4.17. The molecular formula is C26H30B2N6O2. The summed E-state index contributed by atoms with van der Waals surface area (Å²) in [6.07, 6.45) is 9.06. The highest BCUT2D eigenvalue weighted by molar-refractivity contribution is 6.39. The van der Waals surface area contributed by atoms with Crippen LogP contribution in [0.15, 0.2) is 41.5 Å². The third-order valence-corrected chi connectivity index (χ3v) is 7.25. The maximum Gasteiger partial charge on any atom is 0.252 e. The summed E-state index contributed by atoms with van der Waals surface area (Å²) < 4.78 is 0. The molecule has 2 saturated carbocycles. The van der Waals surface area contributed by atoms with Gasteiger partial charge in [0.25, 0.3) is 5.56 Å². The molecule has 3 aliphatic rings. The zero-order valence-corrected chi connectivity index (χ0v) is 20.6. The fourth-order valence-electron chi connectivity index (χ4n) is 4.56. The number of fused-ring (bicyclic) bond motifs is 1. The highest BCUT2D eigenvalue weighted by atomic mass is 16.1. The highest BCUT2D eigenvalue weighted by Crippen LogP contribution is 2.38. The van der Waals surface area contributed by atoms with Gasteiger partial charge in [-0.2, -0.15) is 0 Å². The van der Waals surface area contributed by atoms with Gasteiger partial charge in [-0.3, -0.25) is 19.6 Å². The van der Waals surface area contributed by atoms with Crippen LogP contribution >= 0.6 is 0 Å². The van der Waals surface area contributed by atoms with E-state index in [1.165, 1.54) is 12.8 Å². The van der Waals surface area contributed by atoms with Crippen molar-refractivity contribution in [1.82, 2.24) is 25.2 Å². The van der Waals surface area contributed by atoms with Crippen LogP contribution in [0.5, 0.6) is 0 Å². The van der Waals surface area contributed by atoms with Crippen molar-refractivity contribution in [3.63, 3.8) is 0 Å². The fraction of sp³-hybridized carbons (Fsp3) is 0.462. The summed E-state index contributed by atoms with van der Waals surface area (Å²) in [5.74, 6) is 0.360. The van der Waals surface area contributed by atoms with E-state index in [9.17, 15) is 9.59 Å². The van der Waals surface area contributed by atoms with Gasteiger partial charge in [-0.15, -0.1) is 0 Å². The second-order valence-corrected chi connectivity index (χ2v) is 9.91. The lowest BCUT2D eigenvalue weighted by Gasteiger charge is -2.45. The van der Waals surface area contributed by atoms with Crippen molar-refractivity contribution >= 4 is 38.7 Å². The maximum absolute atomic E-state index is 12.4. The van der Waals surface area contributed by atoms with E-state index in [-0.39, 0.29) is 5.56 Å². The summed E-state index contributed by atoms with van der Waals surface area (Å²) in [4.78, 5) is 39.0. The normalized spacial score (nSPS) is 18.5. The number of piperazine rings is 1. The number of nitrogens with zero attached hydrogens (tertiary/aromatic N) is 4. The molecule has 8 nitrogen and oxygen atoms in total. The number of aldehydes is 1. The average Bonchev–Trinajstić information content (AvgIpc) is 3.83. The molecule has 6 rings (SSSR count). The molecule has 182 valence electrons. The van der Waals surface area contributed by atoms with Crippen LogP contribution in [0.1, 0.15) is 53.2 Å². The van der Waals surface area contributed by atoms with Crippen molar-refractivity contribution in [2.24, 2.45) is 0 Å². The third kappa shape index (κ3) is 5.39. The number of aromatic nitrogens is 3. The minimum Gasteiger partial charge on any atom is -0.368 e. The SMILES string of the molecule is CNC1CC1.[B]C([B])(c1cnc2cc(C3CC3)c(=O)[nH]c2c1)N1CCN(c2ccc(C=O)nc2)CC1. The van der Waals surface area contributed by atoms with Gasteiger partial charge in [0, 0.05) is 44.0 Å². The van der Waals surface area contributed by atoms with Crippen LogP contribution in [0.4, 0.5) is 5.69 Å². The van der Waals surface area contributed by atoms with E-state index in [0.717, 1.165) is 55.0 Å². The first-order chi connectivity index (χ1) is 17.4.